The molecule has 9 heteroatoms. The van der Waals surface area contributed by atoms with Crippen molar-refractivity contribution in [3.05, 3.63) is 70.3 Å². The zero-order valence-corrected chi connectivity index (χ0v) is 17.6. The molecule has 0 radical (unpaired) electrons. The van der Waals surface area contributed by atoms with Crippen molar-refractivity contribution < 1.29 is 14.1 Å². The van der Waals surface area contributed by atoms with Crippen LogP contribution in [0.15, 0.2) is 57.7 Å². The van der Waals surface area contributed by atoms with Crippen molar-refractivity contribution in [2.24, 2.45) is 7.05 Å². The topological polar surface area (TPSA) is 95.9 Å². The van der Waals surface area contributed by atoms with E-state index < -0.39 is 5.97 Å². The van der Waals surface area contributed by atoms with E-state index in [4.69, 9.17) is 14.2 Å². The van der Waals surface area contributed by atoms with Gasteiger partial charge in [-0.15, -0.1) is 0 Å². The second kappa shape index (κ2) is 7.77. The number of nitrogens with zero attached hydrogens (tertiary/aromatic N) is 5. The van der Waals surface area contributed by atoms with Gasteiger partial charge in [0, 0.05) is 18.0 Å². The number of ether oxygens (including phenoxy) is 1. The van der Waals surface area contributed by atoms with E-state index in [9.17, 15) is 4.79 Å². The number of esters is 1. The highest BCUT2D eigenvalue weighted by atomic mass is 32.1. The van der Waals surface area contributed by atoms with E-state index in [1.165, 1.54) is 11.3 Å². The van der Waals surface area contributed by atoms with E-state index >= 15 is 0 Å². The Labute approximate surface area is 181 Å². The molecule has 5 aromatic rings. The lowest BCUT2D eigenvalue weighted by Crippen LogP contribution is -2.08. The molecule has 31 heavy (non-hydrogen) atoms. The highest BCUT2D eigenvalue weighted by Gasteiger charge is 2.21. The minimum Gasteiger partial charge on any atom is -0.454 e. The van der Waals surface area contributed by atoms with Crippen molar-refractivity contribution in [1.82, 2.24) is 24.9 Å². The number of hydrogen-bond acceptors (Lipinski definition) is 8. The normalized spacial score (nSPS) is 11.2. The molecule has 0 unspecified atom stereocenters. The predicted molar refractivity (Wildman–Crippen MR) is 115 cm³/mol. The summed E-state index contributed by atoms with van der Waals surface area (Å²) in [5.41, 5.74) is 4.12. The van der Waals surface area contributed by atoms with Gasteiger partial charge in [-0.2, -0.15) is 21.4 Å². The van der Waals surface area contributed by atoms with E-state index in [2.05, 4.69) is 15.2 Å². The number of hydrogen-bond donors (Lipinski definition) is 0. The van der Waals surface area contributed by atoms with Gasteiger partial charge in [0.25, 0.3) is 5.89 Å². The van der Waals surface area contributed by atoms with Crippen LogP contribution in [0.25, 0.3) is 33.7 Å². The lowest BCUT2D eigenvalue weighted by atomic mass is 10.1. The number of fused-ring (bicyclic) bond motifs is 1. The van der Waals surface area contributed by atoms with Crippen LogP contribution >= 0.6 is 11.3 Å². The zero-order valence-electron chi connectivity index (χ0n) is 16.8. The van der Waals surface area contributed by atoms with Gasteiger partial charge in [0.2, 0.25) is 5.82 Å². The largest absolute Gasteiger partial charge is 0.454 e. The number of aromatic nitrogens is 5. The third kappa shape index (κ3) is 3.59. The van der Waals surface area contributed by atoms with Crippen LogP contribution in [-0.4, -0.2) is 30.9 Å². The molecule has 0 aliphatic rings. The van der Waals surface area contributed by atoms with E-state index in [-0.39, 0.29) is 6.61 Å². The van der Waals surface area contributed by atoms with Crippen molar-refractivity contribution >= 4 is 28.3 Å². The monoisotopic (exact) mass is 431 g/mol. The second-order valence-electron chi connectivity index (χ2n) is 6.93. The quantitative estimate of drug-likeness (QED) is 0.380. The highest BCUT2D eigenvalue weighted by molar-refractivity contribution is 7.08. The number of pyridine rings is 1. The molecule has 1 aromatic carbocycles. The van der Waals surface area contributed by atoms with Crippen LogP contribution in [0, 0.1) is 6.92 Å². The summed E-state index contributed by atoms with van der Waals surface area (Å²) in [5, 5.41) is 12.8. The maximum atomic E-state index is 13.0. The van der Waals surface area contributed by atoms with Gasteiger partial charge >= 0.3 is 5.97 Å². The third-order valence-corrected chi connectivity index (χ3v) is 5.51. The average molecular weight is 431 g/mol. The Hall–Kier alpha value is -3.85. The molecule has 0 amide bonds. The first-order valence-electron chi connectivity index (χ1n) is 9.52. The molecule has 0 N–H and O–H groups in total. The third-order valence-electron chi connectivity index (χ3n) is 4.83. The molecular weight excluding hydrogens is 414 g/mol. The van der Waals surface area contributed by atoms with Crippen molar-refractivity contribution in [3.8, 4) is 22.7 Å². The fourth-order valence-corrected chi connectivity index (χ4v) is 4.02. The molecule has 0 fully saturated rings. The maximum absolute atomic E-state index is 13.0. The maximum Gasteiger partial charge on any atom is 0.339 e. The molecule has 0 atom stereocenters. The molecular formula is C22H17N5O3S. The van der Waals surface area contributed by atoms with Crippen LogP contribution < -0.4 is 0 Å². The molecule has 5 rings (SSSR count). The second-order valence-corrected chi connectivity index (χ2v) is 7.71. The van der Waals surface area contributed by atoms with Crippen molar-refractivity contribution in [2.75, 3.05) is 0 Å². The first-order chi connectivity index (χ1) is 15.1. The van der Waals surface area contributed by atoms with E-state index in [0.29, 0.717) is 39.7 Å². The summed E-state index contributed by atoms with van der Waals surface area (Å²) in [4.78, 5) is 22.0. The fraction of sp³-hybridized carbons (Fsp3) is 0.136. The summed E-state index contributed by atoms with van der Waals surface area (Å²) in [6.07, 6.45) is 0. The standard InChI is InChI=1S/C22H17N5O3S/c1-13-19-16(10-17(14-6-4-3-5-7-14)23-20(19)27(2)25-13)22(28)29-11-18-24-21(30-26-18)15-8-9-31-12-15/h3-10,12H,11H2,1-2H3. The van der Waals surface area contributed by atoms with Gasteiger partial charge in [-0.25, -0.2) is 9.78 Å². The molecule has 0 aliphatic carbocycles. The highest BCUT2D eigenvalue weighted by Crippen LogP contribution is 2.27. The molecule has 0 spiro atoms. The minimum absolute atomic E-state index is 0.101. The number of benzene rings is 1. The van der Waals surface area contributed by atoms with Crippen LogP contribution in [0.1, 0.15) is 21.9 Å². The SMILES string of the molecule is Cc1nn(C)c2nc(-c3ccccc3)cc(C(=O)OCc3noc(-c4ccsc4)n3)c12. The fourth-order valence-electron chi connectivity index (χ4n) is 3.39. The van der Waals surface area contributed by atoms with Crippen LogP contribution in [0.4, 0.5) is 0 Å². The van der Waals surface area contributed by atoms with Gasteiger partial charge in [-0.1, -0.05) is 35.5 Å². The number of carbonyl (C=O) groups excluding carboxylic acids is 1. The van der Waals surface area contributed by atoms with Gasteiger partial charge in [0.1, 0.15) is 0 Å². The summed E-state index contributed by atoms with van der Waals surface area (Å²) in [5.74, 6) is 0.196. The predicted octanol–water partition coefficient (Wildman–Crippen LogP) is 4.41. The molecule has 0 saturated heterocycles. The first-order valence-corrected chi connectivity index (χ1v) is 10.5. The van der Waals surface area contributed by atoms with Crippen LogP contribution in [0.2, 0.25) is 0 Å². The Morgan fingerprint density at radius 3 is 2.77 bits per heavy atom. The zero-order chi connectivity index (χ0) is 21.4. The van der Waals surface area contributed by atoms with Gasteiger partial charge in [0.05, 0.1) is 27.9 Å². The van der Waals surface area contributed by atoms with Gasteiger partial charge in [0.15, 0.2) is 12.3 Å². The number of carbonyl (C=O) groups is 1. The number of aryl methyl sites for hydroxylation is 2. The smallest absolute Gasteiger partial charge is 0.339 e. The Morgan fingerprint density at radius 1 is 1.16 bits per heavy atom. The lowest BCUT2D eigenvalue weighted by Gasteiger charge is -2.08. The summed E-state index contributed by atoms with van der Waals surface area (Å²) in [7, 11) is 1.80. The summed E-state index contributed by atoms with van der Waals surface area (Å²) < 4.78 is 12.4. The molecule has 154 valence electrons. The van der Waals surface area contributed by atoms with E-state index in [0.717, 1.165) is 11.1 Å². The number of thiophene rings is 1. The minimum atomic E-state index is -0.498. The summed E-state index contributed by atoms with van der Waals surface area (Å²) in [6, 6.07) is 13.3. The van der Waals surface area contributed by atoms with Crippen LogP contribution in [0.5, 0.6) is 0 Å². The Kier molecular flexibility index (Phi) is 4.79. The first kappa shape index (κ1) is 19.1. The summed E-state index contributed by atoms with van der Waals surface area (Å²) >= 11 is 1.54. The average Bonchev–Trinajstić information content (AvgIpc) is 3.53. The van der Waals surface area contributed by atoms with Gasteiger partial charge in [-0.3, -0.25) is 4.68 Å². The molecule has 4 heterocycles. The molecule has 0 saturated carbocycles. The van der Waals surface area contributed by atoms with Gasteiger partial charge in [-0.05, 0) is 24.4 Å². The number of rotatable bonds is 5. The summed E-state index contributed by atoms with van der Waals surface area (Å²) in [6.45, 7) is 1.74. The van der Waals surface area contributed by atoms with Crippen molar-refractivity contribution in [1.29, 1.82) is 0 Å². The lowest BCUT2D eigenvalue weighted by molar-refractivity contribution is 0.0462. The van der Waals surface area contributed by atoms with Crippen molar-refractivity contribution in [2.45, 2.75) is 13.5 Å². The Balaban J connectivity index is 1.46. The van der Waals surface area contributed by atoms with Crippen LogP contribution in [0.3, 0.4) is 0 Å². The van der Waals surface area contributed by atoms with E-state index in [1.54, 1.807) is 17.8 Å². The molecule has 8 nitrogen and oxygen atoms in total. The Bertz CT molecular complexity index is 1370. The molecule has 0 bridgehead atoms. The van der Waals surface area contributed by atoms with Crippen LogP contribution in [-0.2, 0) is 18.4 Å². The Morgan fingerprint density at radius 2 is 2.00 bits per heavy atom. The molecule has 0 aliphatic heterocycles. The van der Waals surface area contributed by atoms with Gasteiger partial charge < -0.3 is 9.26 Å². The van der Waals surface area contributed by atoms with E-state index in [1.807, 2.05) is 54.1 Å². The van der Waals surface area contributed by atoms with Crippen molar-refractivity contribution in [3.63, 3.8) is 0 Å². The molecule has 4 aromatic heterocycles.